The molecule has 33 heavy (non-hydrogen) atoms. The fourth-order valence-corrected chi connectivity index (χ4v) is 4.79. The lowest BCUT2D eigenvalue weighted by atomic mass is 10.0. The van der Waals surface area contributed by atoms with Gasteiger partial charge in [-0.05, 0) is 49.1 Å². The van der Waals surface area contributed by atoms with Gasteiger partial charge in [0.25, 0.3) is 5.91 Å². The number of fused-ring (bicyclic) bond motifs is 2. The van der Waals surface area contributed by atoms with Gasteiger partial charge in [0.2, 0.25) is 0 Å². The zero-order valence-electron chi connectivity index (χ0n) is 18.8. The first-order valence-corrected chi connectivity index (χ1v) is 11.3. The van der Waals surface area contributed by atoms with E-state index in [-0.39, 0.29) is 18.3 Å². The fraction of sp³-hybridized carbons (Fsp3) is 0.250. The summed E-state index contributed by atoms with van der Waals surface area (Å²) in [6.45, 7) is 1.13. The molecular formula is C24H25Cl2N3O3S. The van der Waals surface area contributed by atoms with Crippen molar-refractivity contribution in [3.63, 3.8) is 0 Å². The van der Waals surface area contributed by atoms with Gasteiger partial charge < -0.3 is 14.4 Å². The highest BCUT2D eigenvalue weighted by Crippen LogP contribution is 2.39. The molecule has 0 aliphatic heterocycles. The lowest BCUT2D eigenvalue weighted by Crippen LogP contribution is -2.37. The van der Waals surface area contributed by atoms with Gasteiger partial charge in [0.1, 0.15) is 17.0 Å². The minimum absolute atomic E-state index is 0. The van der Waals surface area contributed by atoms with Crippen molar-refractivity contribution in [2.24, 2.45) is 0 Å². The Balaban J connectivity index is 0.00000306. The highest BCUT2D eigenvalue weighted by Gasteiger charge is 2.26. The predicted octanol–water partition coefficient (Wildman–Crippen LogP) is 5.75. The van der Waals surface area contributed by atoms with Gasteiger partial charge in [0.05, 0.1) is 29.5 Å². The summed E-state index contributed by atoms with van der Waals surface area (Å²) in [7, 11) is 7.11. The summed E-state index contributed by atoms with van der Waals surface area (Å²) in [5, 5.41) is 3.12. The number of ether oxygens (including phenoxy) is 2. The van der Waals surface area contributed by atoms with Crippen molar-refractivity contribution in [3.05, 3.63) is 59.1 Å². The van der Waals surface area contributed by atoms with Crippen LogP contribution in [0.25, 0.3) is 21.0 Å². The van der Waals surface area contributed by atoms with Crippen molar-refractivity contribution >= 4 is 67.4 Å². The molecule has 4 aromatic rings. The van der Waals surface area contributed by atoms with Crippen LogP contribution in [0.2, 0.25) is 5.02 Å². The van der Waals surface area contributed by atoms with E-state index in [0.29, 0.717) is 45.8 Å². The SMILES string of the molecule is COc1cc2ccccc2cc1C(=O)N(CCN(C)C)c1nc2c(OC)ccc(Cl)c2s1.Cl. The maximum Gasteiger partial charge on any atom is 0.263 e. The first-order chi connectivity index (χ1) is 15.4. The van der Waals surface area contributed by atoms with Crippen molar-refractivity contribution in [1.82, 2.24) is 9.88 Å². The monoisotopic (exact) mass is 505 g/mol. The zero-order valence-corrected chi connectivity index (χ0v) is 21.2. The van der Waals surface area contributed by atoms with E-state index in [4.69, 9.17) is 26.1 Å². The van der Waals surface area contributed by atoms with Crippen LogP contribution in [-0.2, 0) is 0 Å². The number of carbonyl (C=O) groups excluding carboxylic acids is 1. The van der Waals surface area contributed by atoms with Gasteiger partial charge in [-0.25, -0.2) is 4.98 Å². The van der Waals surface area contributed by atoms with E-state index in [0.717, 1.165) is 15.5 Å². The largest absolute Gasteiger partial charge is 0.496 e. The number of anilines is 1. The summed E-state index contributed by atoms with van der Waals surface area (Å²) in [5.41, 5.74) is 1.13. The van der Waals surface area contributed by atoms with Gasteiger partial charge in [-0.1, -0.05) is 47.2 Å². The lowest BCUT2D eigenvalue weighted by molar-refractivity contribution is 0.0982. The molecule has 4 rings (SSSR count). The molecule has 0 unspecified atom stereocenters. The van der Waals surface area contributed by atoms with Gasteiger partial charge in [-0.15, -0.1) is 12.4 Å². The minimum Gasteiger partial charge on any atom is -0.496 e. The Morgan fingerprint density at radius 2 is 1.67 bits per heavy atom. The normalized spacial score (nSPS) is 11.0. The Morgan fingerprint density at radius 3 is 2.30 bits per heavy atom. The molecule has 0 N–H and O–H groups in total. The second kappa shape index (κ2) is 10.6. The first-order valence-electron chi connectivity index (χ1n) is 10.1. The number of benzene rings is 3. The van der Waals surface area contributed by atoms with Crippen LogP contribution in [0.3, 0.4) is 0 Å². The van der Waals surface area contributed by atoms with E-state index in [2.05, 4.69) is 0 Å². The van der Waals surface area contributed by atoms with Crippen molar-refractivity contribution in [1.29, 1.82) is 0 Å². The van der Waals surface area contributed by atoms with Crippen molar-refractivity contribution in [3.8, 4) is 11.5 Å². The topological polar surface area (TPSA) is 54.9 Å². The number of amides is 1. The zero-order chi connectivity index (χ0) is 22.8. The van der Waals surface area contributed by atoms with Crippen molar-refractivity contribution in [2.75, 3.05) is 46.3 Å². The van der Waals surface area contributed by atoms with E-state index in [1.54, 1.807) is 31.3 Å². The van der Waals surface area contributed by atoms with Crippen LogP contribution in [-0.4, -0.2) is 57.2 Å². The Labute approximate surface area is 208 Å². The number of thiazole rings is 1. The Morgan fingerprint density at radius 1 is 1.00 bits per heavy atom. The molecule has 0 spiro atoms. The Hall–Kier alpha value is -2.58. The van der Waals surface area contributed by atoms with E-state index in [1.807, 2.05) is 55.4 Å². The number of likely N-dealkylation sites (N-methyl/N-ethyl adjacent to an activating group) is 1. The molecule has 0 aliphatic rings. The number of carbonyl (C=O) groups is 1. The summed E-state index contributed by atoms with van der Waals surface area (Å²) in [5.74, 6) is 0.971. The molecule has 0 aliphatic carbocycles. The van der Waals surface area contributed by atoms with Crippen LogP contribution in [0.5, 0.6) is 11.5 Å². The van der Waals surface area contributed by atoms with E-state index in [1.165, 1.54) is 11.3 Å². The number of rotatable bonds is 7. The molecule has 1 aromatic heterocycles. The maximum atomic E-state index is 13.8. The van der Waals surface area contributed by atoms with Crippen LogP contribution >= 0.6 is 35.3 Å². The van der Waals surface area contributed by atoms with Gasteiger partial charge in [0, 0.05) is 13.1 Å². The minimum atomic E-state index is -0.177. The van der Waals surface area contributed by atoms with Gasteiger partial charge in [0.15, 0.2) is 5.13 Å². The molecular weight excluding hydrogens is 481 g/mol. The molecule has 0 radical (unpaired) electrons. The summed E-state index contributed by atoms with van der Waals surface area (Å²) >= 11 is 7.80. The first kappa shape index (κ1) is 25.1. The number of hydrogen-bond acceptors (Lipinski definition) is 6. The summed E-state index contributed by atoms with van der Waals surface area (Å²) in [4.78, 5) is 22.3. The van der Waals surface area contributed by atoms with Gasteiger partial charge >= 0.3 is 0 Å². The smallest absolute Gasteiger partial charge is 0.263 e. The predicted molar refractivity (Wildman–Crippen MR) is 139 cm³/mol. The third-order valence-electron chi connectivity index (χ3n) is 5.21. The highest BCUT2D eigenvalue weighted by molar-refractivity contribution is 7.23. The number of methoxy groups -OCH3 is 2. The van der Waals surface area contributed by atoms with Crippen LogP contribution in [0.1, 0.15) is 10.4 Å². The van der Waals surface area contributed by atoms with Crippen LogP contribution in [0.15, 0.2) is 48.5 Å². The van der Waals surface area contributed by atoms with Crippen LogP contribution in [0, 0.1) is 0 Å². The molecule has 0 fully saturated rings. The van der Waals surface area contributed by atoms with E-state index >= 15 is 0 Å². The number of nitrogens with zero attached hydrogens (tertiary/aromatic N) is 3. The van der Waals surface area contributed by atoms with E-state index < -0.39 is 0 Å². The van der Waals surface area contributed by atoms with Crippen molar-refractivity contribution in [2.45, 2.75) is 0 Å². The number of aromatic nitrogens is 1. The average molecular weight is 506 g/mol. The summed E-state index contributed by atoms with van der Waals surface area (Å²) in [6.07, 6.45) is 0. The molecule has 1 heterocycles. The van der Waals surface area contributed by atoms with Gasteiger partial charge in [-0.3, -0.25) is 9.69 Å². The molecule has 9 heteroatoms. The van der Waals surface area contributed by atoms with Crippen LogP contribution in [0.4, 0.5) is 5.13 Å². The maximum absolute atomic E-state index is 13.8. The van der Waals surface area contributed by atoms with Crippen molar-refractivity contribution < 1.29 is 14.3 Å². The molecule has 0 atom stereocenters. The summed E-state index contributed by atoms with van der Waals surface area (Å²) in [6, 6.07) is 15.2. The Kier molecular flexibility index (Phi) is 8.02. The Bertz CT molecular complexity index is 1290. The molecule has 0 saturated heterocycles. The third kappa shape index (κ3) is 5.01. The van der Waals surface area contributed by atoms with Gasteiger partial charge in [-0.2, -0.15) is 0 Å². The van der Waals surface area contributed by atoms with Crippen LogP contribution < -0.4 is 14.4 Å². The summed E-state index contributed by atoms with van der Waals surface area (Å²) < 4.78 is 11.8. The molecule has 6 nitrogen and oxygen atoms in total. The lowest BCUT2D eigenvalue weighted by Gasteiger charge is -2.23. The molecule has 1 amide bonds. The molecule has 0 saturated carbocycles. The second-order valence-corrected chi connectivity index (χ2v) is 8.97. The average Bonchev–Trinajstić information content (AvgIpc) is 3.24. The van der Waals surface area contributed by atoms with E-state index in [9.17, 15) is 4.79 Å². The third-order valence-corrected chi connectivity index (χ3v) is 6.75. The number of hydrogen-bond donors (Lipinski definition) is 0. The number of halogens is 2. The second-order valence-electron chi connectivity index (χ2n) is 7.58. The molecule has 174 valence electrons. The molecule has 3 aromatic carbocycles. The molecule has 0 bridgehead atoms. The fourth-order valence-electron chi connectivity index (χ4n) is 3.51. The quantitative estimate of drug-likeness (QED) is 0.320. The highest BCUT2D eigenvalue weighted by atomic mass is 35.5. The standard InChI is InChI=1S/C24H24ClN3O3S.ClH/c1-27(2)11-12-28(24-26-21-19(30-3)10-9-18(25)22(21)32-24)23(29)17-13-15-7-5-6-8-16(15)14-20(17)31-4;/h5-10,13-14H,11-12H2,1-4H3;1H.